The van der Waals surface area contributed by atoms with Gasteiger partial charge in [0.15, 0.2) is 16.8 Å². The van der Waals surface area contributed by atoms with Crippen LogP contribution in [0.25, 0.3) is 33.2 Å². The van der Waals surface area contributed by atoms with E-state index >= 15 is 0 Å². The van der Waals surface area contributed by atoms with E-state index in [1.54, 1.807) is 4.57 Å². The van der Waals surface area contributed by atoms with E-state index in [9.17, 15) is 14.4 Å². The summed E-state index contributed by atoms with van der Waals surface area (Å²) >= 11 is 0. The third-order valence-electron chi connectivity index (χ3n) is 4.43. The maximum Gasteiger partial charge on any atom is 0.332 e. The Balaban J connectivity index is 2.23. The number of para-hydroxylation sites is 1. The zero-order valence-corrected chi connectivity index (χ0v) is 14.1. The first kappa shape index (κ1) is 16.0. The molecule has 1 amide bonds. The summed E-state index contributed by atoms with van der Waals surface area (Å²) in [7, 11) is 2.91. The minimum Gasteiger partial charge on any atom is -0.314 e. The molecular weight excluding hydrogens is 338 g/mol. The minimum absolute atomic E-state index is 0.0700. The van der Waals surface area contributed by atoms with Crippen molar-refractivity contribution in [2.24, 2.45) is 19.9 Å². The second kappa shape index (κ2) is 5.49. The number of carbonyl (C=O) groups is 1. The van der Waals surface area contributed by atoms with Crippen LogP contribution in [0.1, 0.15) is 0 Å². The van der Waals surface area contributed by atoms with E-state index in [1.165, 1.54) is 18.7 Å². The number of aromatic nitrogens is 5. The number of carbonyl (C=O) groups excluding carboxylic acids is 1. The number of hydrogen-bond donors (Lipinski definition) is 2. The fourth-order valence-electron chi connectivity index (χ4n) is 3.10. The SMILES string of the molecule is Cn1c(=O)c2nc3c4ccccc4n(CC(=O)NN)c3nc2n(C)c1=O. The van der Waals surface area contributed by atoms with Gasteiger partial charge in [-0.15, -0.1) is 0 Å². The van der Waals surface area contributed by atoms with Crippen LogP contribution in [-0.2, 0) is 25.4 Å². The molecule has 0 aliphatic carbocycles. The summed E-state index contributed by atoms with van der Waals surface area (Å²) in [6.45, 7) is -0.0700. The summed E-state index contributed by atoms with van der Waals surface area (Å²) in [5.41, 5.74) is 2.92. The van der Waals surface area contributed by atoms with Crippen molar-refractivity contribution in [2.75, 3.05) is 0 Å². The number of nitrogens with one attached hydrogen (secondary N) is 1. The van der Waals surface area contributed by atoms with E-state index in [1.807, 2.05) is 24.3 Å². The normalized spacial score (nSPS) is 11.5. The second-order valence-electron chi connectivity index (χ2n) is 5.94. The Morgan fingerprint density at radius 1 is 1.08 bits per heavy atom. The molecule has 26 heavy (non-hydrogen) atoms. The van der Waals surface area contributed by atoms with Crippen LogP contribution in [0.15, 0.2) is 33.9 Å². The molecule has 3 aromatic heterocycles. The van der Waals surface area contributed by atoms with Crippen molar-refractivity contribution in [1.29, 1.82) is 0 Å². The summed E-state index contributed by atoms with van der Waals surface area (Å²) in [6.07, 6.45) is 0. The van der Waals surface area contributed by atoms with Crippen LogP contribution in [0.3, 0.4) is 0 Å². The van der Waals surface area contributed by atoms with E-state index in [0.717, 1.165) is 15.5 Å². The molecule has 0 aliphatic rings. The van der Waals surface area contributed by atoms with Gasteiger partial charge in [0.1, 0.15) is 12.1 Å². The highest BCUT2D eigenvalue weighted by Gasteiger charge is 2.19. The van der Waals surface area contributed by atoms with E-state index in [2.05, 4.69) is 15.4 Å². The number of hydrazine groups is 1. The monoisotopic (exact) mass is 353 g/mol. The van der Waals surface area contributed by atoms with Crippen LogP contribution in [0, 0.1) is 0 Å². The number of fused-ring (bicyclic) bond motifs is 4. The van der Waals surface area contributed by atoms with Crippen LogP contribution in [0.2, 0.25) is 0 Å². The Bertz CT molecular complexity index is 1330. The fourth-order valence-corrected chi connectivity index (χ4v) is 3.10. The van der Waals surface area contributed by atoms with Gasteiger partial charge < -0.3 is 4.57 Å². The number of benzene rings is 1. The lowest BCUT2D eigenvalue weighted by atomic mass is 10.2. The van der Waals surface area contributed by atoms with E-state index < -0.39 is 17.2 Å². The van der Waals surface area contributed by atoms with Crippen molar-refractivity contribution in [1.82, 2.24) is 29.1 Å². The fraction of sp³-hybridized carbons (Fsp3) is 0.188. The van der Waals surface area contributed by atoms with Gasteiger partial charge in [0, 0.05) is 19.5 Å². The summed E-state index contributed by atoms with van der Waals surface area (Å²) in [5.74, 6) is 4.80. The predicted octanol–water partition coefficient (Wildman–Crippen LogP) is -0.875. The third kappa shape index (κ3) is 2.05. The van der Waals surface area contributed by atoms with Gasteiger partial charge in [-0.3, -0.25) is 24.1 Å². The lowest BCUT2D eigenvalue weighted by molar-refractivity contribution is -0.121. The number of nitrogens with two attached hydrogens (primary N) is 1. The van der Waals surface area contributed by atoms with Crippen LogP contribution in [0.4, 0.5) is 0 Å². The molecule has 0 spiro atoms. The Labute approximate surface area is 145 Å². The molecule has 10 heteroatoms. The summed E-state index contributed by atoms with van der Waals surface area (Å²) < 4.78 is 3.90. The van der Waals surface area contributed by atoms with E-state index in [4.69, 9.17) is 5.84 Å². The maximum absolute atomic E-state index is 12.5. The van der Waals surface area contributed by atoms with Crippen LogP contribution >= 0.6 is 0 Å². The van der Waals surface area contributed by atoms with Crippen molar-refractivity contribution in [3.8, 4) is 0 Å². The largest absolute Gasteiger partial charge is 0.332 e. The van der Waals surface area contributed by atoms with Crippen molar-refractivity contribution < 1.29 is 4.79 Å². The molecular formula is C16H15N7O3. The van der Waals surface area contributed by atoms with Crippen LogP contribution in [-0.4, -0.2) is 29.6 Å². The Morgan fingerprint density at radius 2 is 1.81 bits per heavy atom. The molecule has 4 aromatic rings. The molecule has 0 radical (unpaired) electrons. The van der Waals surface area contributed by atoms with Crippen molar-refractivity contribution in [3.63, 3.8) is 0 Å². The first-order chi connectivity index (χ1) is 12.4. The number of rotatable bonds is 2. The molecule has 0 fully saturated rings. The Kier molecular flexibility index (Phi) is 3.37. The van der Waals surface area contributed by atoms with Gasteiger partial charge in [-0.2, -0.15) is 0 Å². The van der Waals surface area contributed by atoms with Gasteiger partial charge in [-0.1, -0.05) is 18.2 Å². The topological polar surface area (TPSA) is 130 Å². The Hall–Kier alpha value is -3.53. The molecule has 0 saturated carbocycles. The van der Waals surface area contributed by atoms with E-state index in [-0.39, 0.29) is 17.7 Å². The highest BCUT2D eigenvalue weighted by molar-refractivity contribution is 6.06. The number of nitrogens with zero attached hydrogens (tertiary/aromatic N) is 5. The molecule has 0 bridgehead atoms. The highest BCUT2D eigenvalue weighted by Crippen LogP contribution is 2.27. The molecule has 10 nitrogen and oxygen atoms in total. The third-order valence-corrected chi connectivity index (χ3v) is 4.43. The van der Waals surface area contributed by atoms with E-state index in [0.29, 0.717) is 11.2 Å². The molecule has 1 aromatic carbocycles. The van der Waals surface area contributed by atoms with Gasteiger partial charge in [0.25, 0.3) is 11.5 Å². The summed E-state index contributed by atoms with van der Waals surface area (Å²) in [6, 6.07) is 7.32. The van der Waals surface area contributed by atoms with Gasteiger partial charge in [0.05, 0.1) is 5.52 Å². The molecule has 0 aliphatic heterocycles. The lowest BCUT2D eigenvalue weighted by Crippen LogP contribution is -2.37. The van der Waals surface area contributed by atoms with Crippen molar-refractivity contribution in [2.45, 2.75) is 6.54 Å². The standard InChI is InChI=1S/C16H15N7O3/c1-21-13-12(15(25)22(2)16(21)26)18-11-8-5-3-4-6-9(8)23(14(11)19-13)7-10(24)20-17/h3-6H,7,17H2,1-2H3,(H,20,24). The summed E-state index contributed by atoms with van der Waals surface area (Å²) in [4.78, 5) is 45.5. The predicted molar refractivity (Wildman–Crippen MR) is 95.4 cm³/mol. The zero-order valence-electron chi connectivity index (χ0n) is 14.1. The van der Waals surface area contributed by atoms with Crippen LogP contribution in [0.5, 0.6) is 0 Å². The average Bonchev–Trinajstić information content (AvgIpc) is 2.96. The second-order valence-corrected chi connectivity index (χ2v) is 5.94. The maximum atomic E-state index is 12.5. The number of amides is 1. The van der Waals surface area contributed by atoms with Crippen LogP contribution < -0.4 is 22.5 Å². The lowest BCUT2D eigenvalue weighted by Gasteiger charge is -2.08. The molecule has 4 rings (SSSR count). The zero-order chi connectivity index (χ0) is 18.6. The molecule has 132 valence electrons. The summed E-state index contributed by atoms with van der Waals surface area (Å²) in [5, 5.41) is 0.748. The number of aryl methyl sites for hydroxylation is 1. The molecule has 0 atom stereocenters. The molecule has 0 unspecified atom stereocenters. The molecule has 0 saturated heterocycles. The first-order valence-electron chi connectivity index (χ1n) is 7.78. The Morgan fingerprint density at radius 3 is 2.54 bits per heavy atom. The van der Waals surface area contributed by atoms with Gasteiger partial charge >= 0.3 is 5.69 Å². The van der Waals surface area contributed by atoms with Gasteiger partial charge in [-0.05, 0) is 6.07 Å². The average molecular weight is 353 g/mol. The van der Waals surface area contributed by atoms with Gasteiger partial charge in [-0.25, -0.2) is 20.6 Å². The molecule has 3 N–H and O–H groups in total. The minimum atomic E-state index is -0.519. The van der Waals surface area contributed by atoms with Gasteiger partial charge in [0.2, 0.25) is 0 Å². The molecule has 3 heterocycles. The van der Waals surface area contributed by atoms with Crippen molar-refractivity contribution in [3.05, 3.63) is 45.1 Å². The highest BCUT2D eigenvalue weighted by atomic mass is 16.2. The first-order valence-corrected chi connectivity index (χ1v) is 7.78. The van der Waals surface area contributed by atoms with Crippen molar-refractivity contribution >= 4 is 39.1 Å². The quantitative estimate of drug-likeness (QED) is 0.274. The number of hydrogen-bond acceptors (Lipinski definition) is 6. The smallest absolute Gasteiger partial charge is 0.314 e.